The Morgan fingerprint density at radius 1 is 1.38 bits per heavy atom. The molecule has 16 heavy (non-hydrogen) atoms. The summed E-state index contributed by atoms with van der Waals surface area (Å²) in [7, 11) is 0. The van der Waals surface area contributed by atoms with Gasteiger partial charge >= 0.3 is 0 Å². The summed E-state index contributed by atoms with van der Waals surface area (Å²) in [4.78, 5) is 9.10. The van der Waals surface area contributed by atoms with Crippen LogP contribution in [0.15, 0.2) is 24.5 Å². The molecule has 2 heterocycles. The van der Waals surface area contributed by atoms with Crippen LogP contribution in [-0.4, -0.2) is 16.5 Å². The van der Waals surface area contributed by atoms with Crippen LogP contribution in [0.4, 0.5) is 0 Å². The Kier molecular flexibility index (Phi) is 3.25. The molecule has 0 saturated carbocycles. The molecule has 2 rings (SSSR count). The normalized spacial score (nSPS) is 10.0. The fraction of sp³-hybridized carbons (Fsp3) is 0.182. The molecule has 0 saturated heterocycles. The van der Waals surface area contributed by atoms with E-state index >= 15 is 0 Å². The first kappa shape index (κ1) is 10.7. The summed E-state index contributed by atoms with van der Waals surface area (Å²) in [6.07, 6.45) is 4.13. The van der Waals surface area contributed by atoms with Gasteiger partial charge in [0.1, 0.15) is 6.07 Å². The molecule has 0 atom stereocenters. The largest absolute Gasteiger partial charge is 0.330 e. The van der Waals surface area contributed by atoms with Crippen molar-refractivity contribution in [1.29, 1.82) is 5.26 Å². The van der Waals surface area contributed by atoms with Gasteiger partial charge < -0.3 is 5.73 Å². The van der Waals surface area contributed by atoms with Crippen LogP contribution in [0.2, 0.25) is 0 Å². The number of nitrogens with zero attached hydrogens (tertiary/aromatic N) is 3. The molecule has 0 spiro atoms. The van der Waals surface area contributed by atoms with Crippen LogP contribution in [0.1, 0.15) is 10.7 Å². The molecular weight excluding hydrogens is 220 g/mol. The van der Waals surface area contributed by atoms with Gasteiger partial charge in [0.05, 0.1) is 9.88 Å². The van der Waals surface area contributed by atoms with Crippen molar-refractivity contribution in [2.45, 2.75) is 6.42 Å². The molecule has 0 amide bonds. The molecule has 0 fully saturated rings. The van der Waals surface area contributed by atoms with Gasteiger partial charge in [0, 0.05) is 18.8 Å². The van der Waals surface area contributed by atoms with Gasteiger partial charge in [-0.25, -0.2) is 4.98 Å². The van der Waals surface area contributed by atoms with Crippen LogP contribution < -0.4 is 5.73 Å². The molecule has 0 aromatic carbocycles. The number of rotatable bonds is 3. The average molecular weight is 230 g/mol. The highest BCUT2D eigenvalue weighted by Gasteiger charge is 2.11. The van der Waals surface area contributed by atoms with Crippen molar-refractivity contribution < 1.29 is 0 Å². The number of hydrogen-bond acceptors (Lipinski definition) is 5. The van der Waals surface area contributed by atoms with Crippen LogP contribution in [0.25, 0.3) is 10.4 Å². The van der Waals surface area contributed by atoms with E-state index in [1.54, 1.807) is 12.4 Å². The van der Waals surface area contributed by atoms with Crippen LogP contribution >= 0.6 is 11.3 Å². The van der Waals surface area contributed by atoms with Crippen molar-refractivity contribution in [1.82, 2.24) is 9.97 Å². The van der Waals surface area contributed by atoms with Crippen molar-refractivity contribution in [2.24, 2.45) is 5.73 Å². The average Bonchev–Trinajstić information content (AvgIpc) is 2.74. The van der Waals surface area contributed by atoms with E-state index in [2.05, 4.69) is 16.0 Å². The molecule has 0 unspecified atom stereocenters. The van der Waals surface area contributed by atoms with Gasteiger partial charge in [0.2, 0.25) is 0 Å². The number of pyridine rings is 1. The van der Waals surface area contributed by atoms with Crippen LogP contribution in [0.3, 0.4) is 0 Å². The zero-order valence-electron chi connectivity index (χ0n) is 8.55. The summed E-state index contributed by atoms with van der Waals surface area (Å²) >= 11 is 1.52. The molecule has 0 aliphatic carbocycles. The minimum Gasteiger partial charge on any atom is -0.330 e. The number of hydrogen-bond donors (Lipinski definition) is 1. The Morgan fingerprint density at radius 2 is 2.12 bits per heavy atom. The fourth-order valence-electron chi connectivity index (χ4n) is 1.37. The van der Waals surface area contributed by atoms with Crippen LogP contribution in [0, 0.1) is 11.3 Å². The van der Waals surface area contributed by atoms with Crippen LogP contribution in [0.5, 0.6) is 0 Å². The van der Waals surface area contributed by atoms with E-state index in [9.17, 15) is 0 Å². The van der Waals surface area contributed by atoms with E-state index in [-0.39, 0.29) is 0 Å². The first-order chi connectivity index (χ1) is 7.85. The van der Waals surface area contributed by atoms with Crippen molar-refractivity contribution in [3.8, 4) is 16.5 Å². The van der Waals surface area contributed by atoms with Crippen molar-refractivity contribution in [3.63, 3.8) is 0 Å². The Hall–Kier alpha value is -1.77. The Bertz CT molecular complexity index is 513. The predicted octanol–water partition coefficient (Wildman–Crippen LogP) is 1.58. The highest BCUT2D eigenvalue weighted by molar-refractivity contribution is 7.15. The number of aromatic nitrogens is 2. The summed E-state index contributed by atoms with van der Waals surface area (Å²) in [6, 6.07) is 5.86. The first-order valence-corrected chi connectivity index (χ1v) is 5.67. The summed E-state index contributed by atoms with van der Waals surface area (Å²) in [6.45, 7) is 0.550. The lowest BCUT2D eigenvalue weighted by Crippen LogP contribution is -2.01. The monoisotopic (exact) mass is 230 g/mol. The molecule has 0 bridgehead atoms. The van der Waals surface area contributed by atoms with Gasteiger partial charge in [-0.1, -0.05) is 0 Å². The number of nitriles is 1. The van der Waals surface area contributed by atoms with E-state index in [0.717, 1.165) is 15.4 Å². The van der Waals surface area contributed by atoms with E-state index in [1.165, 1.54) is 11.3 Å². The van der Waals surface area contributed by atoms with E-state index < -0.39 is 0 Å². The SMILES string of the molecule is N#Cc1nc(CCN)sc1-c1ccncc1. The molecule has 0 aliphatic heterocycles. The van der Waals surface area contributed by atoms with Gasteiger partial charge in [-0.3, -0.25) is 4.98 Å². The van der Waals surface area contributed by atoms with Gasteiger partial charge in [-0.15, -0.1) is 11.3 Å². The second-order valence-corrected chi connectivity index (χ2v) is 4.26. The van der Waals surface area contributed by atoms with E-state index in [1.807, 2.05) is 12.1 Å². The third-order valence-corrected chi connectivity index (χ3v) is 3.24. The number of nitrogens with two attached hydrogens (primary N) is 1. The molecule has 0 aliphatic rings. The molecule has 80 valence electrons. The summed E-state index contributed by atoms with van der Waals surface area (Å²) < 4.78 is 0. The predicted molar refractivity (Wildman–Crippen MR) is 62.8 cm³/mol. The minimum absolute atomic E-state index is 0.472. The molecule has 2 N–H and O–H groups in total. The standard InChI is InChI=1S/C11H10N4S/c12-4-1-10-15-9(7-13)11(16-10)8-2-5-14-6-3-8/h2-3,5-6H,1,4,12H2. The second-order valence-electron chi connectivity index (χ2n) is 3.17. The van der Waals surface area contributed by atoms with Crippen LogP contribution in [-0.2, 0) is 6.42 Å². The highest BCUT2D eigenvalue weighted by atomic mass is 32.1. The zero-order valence-corrected chi connectivity index (χ0v) is 9.37. The van der Waals surface area contributed by atoms with E-state index in [0.29, 0.717) is 18.7 Å². The van der Waals surface area contributed by atoms with Crippen molar-refractivity contribution in [2.75, 3.05) is 6.54 Å². The Labute approximate surface area is 97.4 Å². The fourth-order valence-corrected chi connectivity index (χ4v) is 2.40. The maximum atomic E-state index is 9.01. The maximum Gasteiger partial charge on any atom is 0.159 e. The third kappa shape index (κ3) is 2.08. The topological polar surface area (TPSA) is 75.6 Å². The molecular formula is C11H10N4S. The lowest BCUT2D eigenvalue weighted by molar-refractivity contribution is 0.950. The quantitative estimate of drug-likeness (QED) is 0.868. The Morgan fingerprint density at radius 3 is 2.75 bits per heavy atom. The van der Waals surface area contributed by atoms with Gasteiger partial charge in [-0.2, -0.15) is 5.26 Å². The summed E-state index contributed by atoms with van der Waals surface area (Å²) in [5.74, 6) is 0. The lowest BCUT2D eigenvalue weighted by Gasteiger charge is -1.94. The second kappa shape index (κ2) is 4.84. The third-order valence-electron chi connectivity index (χ3n) is 2.08. The molecule has 5 heteroatoms. The molecule has 4 nitrogen and oxygen atoms in total. The van der Waals surface area contributed by atoms with Crippen molar-refractivity contribution >= 4 is 11.3 Å². The Balaban J connectivity index is 2.45. The smallest absolute Gasteiger partial charge is 0.159 e. The zero-order chi connectivity index (χ0) is 11.4. The molecule has 2 aromatic heterocycles. The van der Waals surface area contributed by atoms with Crippen molar-refractivity contribution in [3.05, 3.63) is 35.2 Å². The maximum absolute atomic E-state index is 9.01. The summed E-state index contributed by atoms with van der Waals surface area (Å²) in [5, 5.41) is 9.92. The van der Waals surface area contributed by atoms with Gasteiger partial charge in [-0.05, 0) is 24.2 Å². The lowest BCUT2D eigenvalue weighted by atomic mass is 10.2. The first-order valence-electron chi connectivity index (χ1n) is 4.85. The molecule has 0 radical (unpaired) electrons. The summed E-state index contributed by atoms with van der Waals surface area (Å²) in [5.41, 5.74) is 6.92. The minimum atomic E-state index is 0.472. The van der Waals surface area contributed by atoms with Gasteiger partial charge in [0.25, 0.3) is 0 Å². The highest BCUT2D eigenvalue weighted by Crippen LogP contribution is 2.29. The number of thiazole rings is 1. The van der Waals surface area contributed by atoms with Gasteiger partial charge in [0.15, 0.2) is 5.69 Å². The van der Waals surface area contributed by atoms with E-state index in [4.69, 9.17) is 11.0 Å². The molecule has 2 aromatic rings.